The molecular formula is C17H14N2O2. The summed E-state index contributed by atoms with van der Waals surface area (Å²) in [4.78, 5) is 20.0. The van der Waals surface area contributed by atoms with Gasteiger partial charge in [-0.2, -0.15) is 0 Å². The fourth-order valence-corrected chi connectivity index (χ4v) is 2.09. The highest BCUT2D eigenvalue weighted by Gasteiger charge is 2.07. The fourth-order valence-electron chi connectivity index (χ4n) is 2.09. The van der Waals surface area contributed by atoms with E-state index in [1.807, 2.05) is 31.2 Å². The van der Waals surface area contributed by atoms with Crippen molar-refractivity contribution in [2.24, 2.45) is 0 Å². The number of hydrogen-bond acceptors (Lipinski definition) is 4. The largest absolute Gasteiger partial charge is 0.438 e. The van der Waals surface area contributed by atoms with Crippen LogP contribution >= 0.6 is 0 Å². The zero-order valence-corrected chi connectivity index (χ0v) is 11.6. The number of carbonyl (C=O) groups excluding carboxylic acids is 1. The van der Waals surface area contributed by atoms with Crippen LogP contribution < -0.4 is 4.74 Å². The summed E-state index contributed by atoms with van der Waals surface area (Å²) in [5, 5.41) is 0.855. The molecule has 1 heterocycles. The van der Waals surface area contributed by atoms with E-state index in [0.29, 0.717) is 23.6 Å². The SMILES string of the molecule is CCC(=O)c1ccc(Oc2ncnc3ccccc23)cc1. The van der Waals surface area contributed by atoms with Gasteiger partial charge in [-0.15, -0.1) is 0 Å². The smallest absolute Gasteiger partial charge is 0.230 e. The lowest BCUT2D eigenvalue weighted by atomic mass is 10.1. The minimum Gasteiger partial charge on any atom is -0.438 e. The van der Waals surface area contributed by atoms with Crippen LogP contribution in [0.4, 0.5) is 0 Å². The molecule has 0 fully saturated rings. The number of para-hydroxylation sites is 1. The van der Waals surface area contributed by atoms with E-state index in [4.69, 9.17) is 4.74 Å². The minimum atomic E-state index is 0.119. The molecule has 0 amide bonds. The molecule has 0 saturated carbocycles. The highest BCUT2D eigenvalue weighted by molar-refractivity contribution is 5.95. The number of benzene rings is 2. The lowest BCUT2D eigenvalue weighted by Gasteiger charge is -2.07. The van der Waals surface area contributed by atoms with Crippen molar-refractivity contribution in [1.82, 2.24) is 9.97 Å². The summed E-state index contributed by atoms with van der Waals surface area (Å²) in [5.74, 6) is 1.27. The van der Waals surface area contributed by atoms with Crippen LogP contribution in [-0.2, 0) is 0 Å². The highest BCUT2D eigenvalue weighted by atomic mass is 16.5. The van der Waals surface area contributed by atoms with Gasteiger partial charge in [0.2, 0.25) is 5.88 Å². The standard InChI is InChI=1S/C17H14N2O2/c1-2-16(20)12-7-9-13(10-8-12)21-17-14-5-3-4-6-15(14)18-11-19-17/h3-11H,2H2,1H3. The molecule has 2 aromatic carbocycles. The van der Waals surface area contributed by atoms with E-state index in [9.17, 15) is 4.79 Å². The van der Waals surface area contributed by atoms with E-state index in [1.165, 1.54) is 6.33 Å². The third-order valence-corrected chi connectivity index (χ3v) is 3.22. The van der Waals surface area contributed by atoms with Gasteiger partial charge in [0, 0.05) is 12.0 Å². The van der Waals surface area contributed by atoms with Crippen LogP contribution in [0, 0.1) is 0 Å². The second-order valence-corrected chi connectivity index (χ2v) is 4.60. The van der Waals surface area contributed by atoms with Crippen molar-refractivity contribution in [1.29, 1.82) is 0 Å². The number of fused-ring (bicyclic) bond motifs is 1. The molecule has 1 aromatic heterocycles. The van der Waals surface area contributed by atoms with Crippen molar-refractivity contribution < 1.29 is 9.53 Å². The monoisotopic (exact) mass is 278 g/mol. The predicted octanol–water partition coefficient (Wildman–Crippen LogP) is 4.01. The topological polar surface area (TPSA) is 52.1 Å². The molecule has 4 nitrogen and oxygen atoms in total. The first-order valence-corrected chi connectivity index (χ1v) is 6.79. The molecule has 3 aromatic rings. The van der Waals surface area contributed by atoms with Gasteiger partial charge in [-0.3, -0.25) is 4.79 Å². The lowest BCUT2D eigenvalue weighted by molar-refractivity contribution is 0.0988. The number of rotatable bonds is 4. The second kappa shape index (κ2) is 5.71. The number of ether oxygens (including phenoxy) is 1. The van der Waals surface area contributed by atoms with E-state index in [2.05, 4.69) is 9.97 Å². The zero-order chi connectivity index (χ0) is 14.7. The molecule has 0 N–H and O–H groups in total. The van der Waals surface area contributed by atoms with Crippen LogP contribution in [-0.4, -0.2) is 15.8 Å². The van der Waals surface area contributed by atoms with E-state index in [0.717, 1.165) is 10.9 Å². The van der Waals surface area contributed by atoms with E-state index >= 15 is 0 Å². The molecule has 0 spiro atoms. The average Bonchev–Trinajstić information content (AvgIpc) is 2.55. The Balaban J connectivity index is 1.90. The molecular weight excluding hydrogens is 264 g/mol. The molecule has 0 radical (unpaired) electrons. The summed E-state index contributed by atoms with van der Waals surface area (Å²) in [6.45, 7) is 1.85. The molecule has 0 bridgehead atoms. The van der Waals surface area contributed by atoms with Crippen LogP contribution in [0.5, 0.6) is 11.6 Å². The normalized spacial score (nSPS) is 10.5. The zero-order valence-electron chi connectivity index (χ0n) is 11.6. The summed E-state index contributed by atoms with van der Waals surface area (Å²) < 4.78 is 5.80. The predicted molar refractivity (Wildman–Crippen MR) is 80.7 cm³/mol. The first-order chi connectivity index (χ1) is 10.3. The molecule has 4 heteroatoms. The van der Waals surface area contributed by atoms with Crippen LogP contribution in [0.15, 0.2) is 54.9 Å². The van der Waals surface area contributed by atoms with Gasteiger partial charge in [0.25, 0.3) is 0 Å². The number of nitrogens with zero attached hydrogens (tertiary/aromatic N) is 2. The molecule has 21 heavy (non-hydrogen) atoms. The summed E-state index contributed by atoms with van der Waals surface area (Å²) >= 11 is 0. The van der Waals surface area contributed by atoms with Gasteiger partial charge in [0.05, 0.1) is 10.9 Å². The molecule has 0 aliphatic carbocycles. The van der Waals surface area contributed by atoms with Crippen LogP contribution in [0.1, 0.15) is 23.7 Å². The number of aromatic nitrogens is 2. The molecule has 0 aliphatic heterocycles. The van der Waals surface area contributed by atoms with E-state index in [-0.39, 0.29) is 5.78 Å². The van der Waals surface area contributed by atoms with Crippen LogP contribution in [0.2, 0.25) is 0 Å². The Bertz CT molecular complexity index is 777. The number of carbonyl (C=O) groups is 1. The summed E-state index contributed by atoms with van der Waals surface area (Å²) in [6, 6.07) is 14.8. The summed E-state index contributed by atoms with van der Waals surface area (Å²) in [7, 11) is 0. The van der Waals surface area contributed by atoms with Crippen molar-refractivity contribution in [3.8, 4) is 11.6 Å². The molecule has 0 atom stereocenters. The van der Waals surface area contributed by atoms with Gasteiger partial charge in [-0.25, -0.2) is 9.97 Å². The van der Waals surface area contributed by atoms with Crippen molar-refractivity contribution in [2.45, 2.75) is 13.3 Å². The summed E-state index contributed by atoms with van der Waals surface area (Å²) in [5.41, 5.74) is 1.53. The van der Waals surface area contributed by atoms with Crippen molar-refractivity contribution in [2.75, 3.05) is 0 Å². The maximum Gasteiger partial charge on any atom is 0.230 e. The number of hydrogen-bond donors (Lipinski definition) is 0. The molecule has 0 unspecified atom stereocenters. The number of Topliss-reactive ketones (excluding diaryl/α,β-unsaturated/α-hetero) is 1. The minimum absolute atomic E-state index is 0.119. The molecule has 0 saturated heterocycles. The van der Waals surface area contributed by atoms with Gasteiger partial charge >= 0.3 is 0 Å². The highest BCUT2D eigenvalue weighted by Crippen LogP contribution is 2.26. The van der Waals surface area contributed by atoms with E-state index in [1.54, 1.807) is 24.3 Å². The quantitative estimate of drug-likeness (QED) is 0.676. The average molecular weight is 278 g/mol. The van der Waals surface area contributed by atoms with Crippen LogP contribution in [0.25, 0.3) is 10.9 Å². The van der Waals surface area contributed by atoms with E-state index < -0.39 is 0 Å². The van der Waals surface area contributed by atoms with Crippen molar-refractivity contribution >= 4 is 16.7 Å². The lowest BCUT2D eigenvalue weighted by Crippen LogP contribution is -1.96. The molecule has 0 aliphatic rings. The molecule has 104 valence electrons. The third-order valence-electron chi connectivity index (χ3n) is 3.22. The summed E-state index contributed by atoms with van der Waals surface area (Å²) in [6.07, 6.45) is 1.98. The Morgan fingerprint density at radius 3 is 2.57 bits per heavy atom. The first kappa shape index (κ1) is 13.2. The first-order valence-electron chi connectivity index (χ1n) is 6.79. The van der Waals surface area contributed by atoms with Gasteiger partial charge in [-0.05, 0) is 36.4 Å². The fraction of sp³-hybridized carbons (Fsp3) is 0.118. The number of ketones is 1. The Labute approximate surface area is 122 Å². The van der Waals surface area contributed by atoms with Gasteiger partial charge in [0.15, 0.2) is 5.78 Å². The van der Waals surface area contributed by atoms with Crippen molar-refractivity contribution in [3.63, 3.8) is 0 Å². The Morgan fingerprint density at radius 1 is 1.05 bits per heavy atom. The molecule has 3 rings (SSSR count). The van der Waals surface area contributed by atoms with Gasteiger partial charge < -0.3 is 4.74 Å². The maximum atomic E-state index is 11.6. The van der Waals surface area contributed by atoms with Crippen molar-refractivity contribution in [3.05, 3.63) is 60.4 Å². The Hall–Kier alpha value is -2.75. The maximum absolute atomic E-state index is 11.6. The van der Waals surface area contributed by atoms with Crippen LogP contribution in [0.3, 0.4) is 0 Å². The van der Waals surface area contributed by atoms with Gasteiger partial charge in [0.1, 0.15) is 12.1 Å². The third kappa shape index (κ3) is 2.74. The Kier molecular flexibility index (Phi) is 3.60. The second-order valence-electron chi connectivity index (χ2n) is 4.60. The van der Waals surface area contributed by atoms with Gasteiger partial charge in [-0.1, -0.05) is 19.1 Å². The Morgan fingerprint density at radius 2 is 1.81 bits per heavy atom.